The minimum Gasteiger partial charge on any atom is -0.480 e. The van der Waals surface area contributed by atoms with Crippen LogP contribution in [0.2, 0.25) is 0 Å². The van der Waals surface area contributed by atoms with Crippen LogP contribution in [0.4, 0.5) is 15.3 Å². The number of imide groups is 1. The summed E-state index contributed by atoms with van der Waals surface area (Å²) in [6.07, 6.45) is 3.59. The molecule has 0 aromatic heterocycles. The molecule has 526 valence electrons. The van der Waals surface area contributed by atoms with Gasteiger partial charge in [-0.2, -0.15) is 0 Å². The van der Waals surface area contributed by atoms with Crippen molar-refractivity contribution in [3.8, 4) is 0 Å². The molecule has 2 aromatic carbocycles. The Kier molecular flexibility index (Phi) is 32.7. The van der Waals surface area contributed by atoms with Crippen molar-refractivity contribution in [1.29, 1.82) is 0 Å². The summed E-state index contributed by atoms with van der Waals surface area (Å²) in [5.41, 5.74) is 6.93. The summed E-state index contributed by atoms with van der Waals surface area (Å²) in [6.45, 7) is 17.0. The predicted octanol–water partition coefficient (Wildman–Crippen LogP) is 6.83. The number of ether oxygens (including phenoxy) is 3. The first kappa shape index (κ1) is 79.4. The van der Waals surface area contributed by atoms with Crippen molar-refractivity contribution in [3.63, 3.8) is 0 Å². The van der Waals surface area contributed by atoms with Gasteiger partial charge in [0, 0.05) is 103 Å². The second-order valence-electron chi connectivity index (χ2n) is 26.3. The third-order valence-corrected chi connectivity index (χ3v) is 18.3. The largest absolute Gasteiger partial charge is 0.480 e. The van der Waals surface area contributed by atoms with Crippen LogP contribution in [0.5, 0.6) is 0 Å². The minimum absolute atomic E-state index is 0.0802. The number of hydrogen-bond acceptors (Lipinski definition) is 15. The number of nitrogens with one attached hydrogen (secondary N) is 4. The van der Waals surface area contributed by atoms with Crippen molar-refractivity contribution in [2.75, 3.05) is 53.3 Å². The standard InChI is InChI=1S/C70H105N9O16/c1-14-45(8)63(56(93-12)40-60(85)78-36-22-26-53(78)64(94-13)46(9)65(86)74-52(68(89)90)37-47-23-17-15-18-24-47)76(10)67(88)51(42(2)3)39-55(81)62(44(6)7)77(11)70(92)95-41-48-28-30-50(31-29-48)73-66(87)49(25-21-34-72-69(71)91)38-54(80)61(43(4)5)75-57(82)27-19-16-20-35-79-58(83)32-33-59(79)84/h15,17-18,23-24,28-33,42-46,49,51-53,56,61-64H,14,16,19-22,25-27,34-41H2,1-13H3,(H,73,87)(H,74,86)(H,75,82)(H,89,90)(H3,71,72,91)/t45-,46+,49+,51-,52-,53-,56+,61-,62-,63-,64+/m0/s1. The maximum absolute atomic E-state index is 14.9. The van der Waals surface area contributed by atoms with E-state index in [2.05, 4.69) is 21.3 Å². The number of carboxylic acid groups (broad SMARTS) is 1. The highest BCUT2D eigenvalue weighted by Gasteiger charge is 2.44. The lowest BCUT2D eigenvalue weighted by Crippen LogP contribution is -2.55. The molecule has 0 aliphatic carbocycles. The zero-order valence-corrected chi connectivity index (χ0v) is 57.9. The molecule has 0 bridgehead atoms. The zero-order valence-electron chi connectivity index (χ0n) is 57.9. The van der Waals surface area contributed by atoms with Crippen LogP contribution in [0.25, 0.3) is 0 Å². The molecule has 4 rings (SSSR count). The van der Waals surface area contributed by atoms with Gasteiger partial charge in [0.15, 0.2) is 11.6 Å². The summed E-state index contributed by atoms with van der Waals surface area (Å²) in [6, 6.07) is 10.5. The third-order valence-electron chi connectivity index (χ3n) is 18.3. The highest BCUT2D eigenvalue weighted by Crippen LogP contribution is 2.32. The van der Waals surface area contributed by atoms with Crippen molar-refractivity contribution in [3.05, 3.63) is 77.9 Å². The van der Waals surface area contributed by atoms with Crippen LogP contribution in [-0.2, 0) is 75.2 Å². The monoisotopic (exact) mass is 1330 g/mol. The van der Waals surface area contributed by atoms with E-state index in [0.29, 0.717) is 62.7 Å². The molecule has 0 spiro atoms. The van der Waals surface area contributed by atoms with E-state index in [4.69, 9.17) is 19.9 Å². The zero-order chi connectivity index (χ0) is 70.8. The molecule has 25 nitrogen and oxygen atoms in total. The SMILES string of the molecule is CC[C@H](C)[C@@H]([C@@H](CC(=O)N1CCC[C@H]1[C@H](OC)[C@@H](C)C(=O)N[C@@H](Cc1ccccc1)C(=O)O)OC)N(C)C(=O)[C@@H](CC(=O)[C@H](C(C)C)N(C)C(=O)OCc1ccc(NC(=O)[C@H](CCCNC(N)=O)CC(=O)[C@@H](NC(=O)CCCCCN2C(=O)C=CC2=O)C(C)C)cc1)C(C)C. The van der Waals surface area contributed by atoms with Crippen LogP contribution >= 0.6 is 0 Å². The molecular formula is C70H105N9O16. The van der Waals surface area contributed by atoms with E-state index in [9.17, 15) is 62.6 Å². The fourth-order valence-corrected chi connectivity index (χ4v) is 12.7. The van der Waals surface area contributed by atoms with E-state index in [1.54, 1.807) is 100.0 Å². The normalized spacial score (nSPS) is 17.0. The van der Waals surface area contributed by atoms with Gasteiger partial charge in [0.25, 0.3) is 11.8 Å². The van der Waals surface area contributed by atoms with Gasteiger partial charge in [0.05, 0.1) is 48.7 Å². The number of nitrogens with two attached hydrogens (primary N) is 1. The minimum atomic E-state index is -1.19. The van der Waals surface area contributed by atoms with Crippen molar-refractivity contribution < 1.29 is 76.9 Å². The average molecular weight is 1330 g/mol. The first-order valence-corrected chi connectivity index (χ1v) is 33.4. The predicted molar refractivity (Wildman–Crippen MR) is 356 cm³/mol. The van der Waals surface area contributed by atoms with Gasteiger partial charge in [0.2, 0.25) is 29.5 Å². The molecule has 11 atom stereocenters. The van der Waals surface area contributed by atoms with Crippen molar-refractivity contribution in [2.45, 2.75) is 195 Å². The van der Waals surface area contributed by atoms with E-state index in [-0.39, 0.29) is 117 Å². The van der Waals surface area contributed by atoms with E-state index in [1.165, 1.54) is 38.3 Å². The van der Waals surface area contributed by atoms with Gasteiger partial charge < -0.3 is 61.0 Å². The highest BCUT2D eigenvalue weighted by molar-refractivity contribution is 6.12. The Morgan fingerprint density at radius 2 is 1.38 bits per heavy atom. The summed E-state index contributed by atoms with van der Waals surface area (Å²) in [5, 5.41) is 20.9. The Hall–Kier alpha value is -8.06. The molecular weight excluding hydrogens is 1220 g/mol. The molecule has 1 fully saturated rings. The third kappa shape index (κ3) is 24.0. The van der Waals surface area contributed by atoms with Crippen molar-refractivity contribution in [1.82, 2.24) is 35.6 Å². The van der Waals surface area contributed by atoms with Gasteiger partial charge >= 0.3 is 18.1 Å². The number of amides is 10. The summed E-state index contributed by atoms with van der Waals surface area (Å²) in [5.74, 6) is -8.31. The molecule has 1 saturated heterocycles. The summed E-state index contributed by atoms with van der Waals surface area (Å²) >= 11 is 0. The maximum atomic E-state index is 14.9. The number of likely N-dealkylation sites (tertiary alicyclic amines) is 1. The molecule has 2 aliphatic rings. The van der Waals surface area contributed by atoms with Crippen LogP contribution in [-0.4, -0.2) is 186 Å². The Bertz CT molecular complexity index is 2940. The molecule has 2 aliphatic heterocycles. The Morgan fingerprint density at radius 3 is 1.95 bits per heavy atom. The number of Topliss-reactive ketones (excluding diaryl/α,β-unsaturated/α-hetero) is 2. The van der Waals surface area contributed by atoms with E-state index < -0.39 is 96.0 Å². The quantitative estimate of drug-likeness (QED) is 0.0293. The van der Waals surface area contributed by atoms with Crippen LogP contribution in [0.3, 0.4) is 0 Å². The molecule has 2 heterocycles. The van der Waals surface area contributed by atoms with Crippen molar-refractivity contribution in [2.24, 2.45) is 47.2 Å². The van der Waals surface area contributed by atoms with Gasteiger partial charge in [-0.05, 0) is 85.5 Å². The van der Waals surface area contributed by atoms with Gasteiger partial charge in [-0.25, -0.2) is 14.4 Å². The van der Waals surface area contributed by atoms with E-state index >= 15 is 0 Å². The van der Waals surface area contributed by atoms with Gasteiger partial charge in [0.1, 0.15) is 12.6 Å². The number of nitrogens with zero attached hydrogens (tertiary/aromatic N) is 4. The van der Waals surface area contributed by atoms with Crippen molar-refractivity contribution >= 4 is 76.7 Å². The Balaban J connectivity index is 1.38. The average Bonchev–Trinajstić information content (AvgIpc) is 1.81. The first-order chi connectivity index (χ1) is 44.9. The Labute approximate surface area is 560 Å². The molecule has 0 unspecified atom stereocenters. The number of primary amides is 1. The number of hydrogen-bond donors (Lipinski definition) is 6. The van der Waals surface area contributed by atoms with Gasteiger partial charge in [-0.15, -0.1) is 0 Å². The number of methoxy groups -OCH3 is 2. The molecule has 7 N–H and O–H groups in total. The fraction of sp³-hybridized carbons (Fsp3) is 0.629. The number of benzene rings is 2. The number of aliphatic carboxylic acids is 1. The molecule has 10 amide bonds. The second-order valence-corrected chi connectivity index (χ2v) is 26.3. The lowest BCUT2D eigenvalue weighted by atomic mass is 9.83. The topological polar surface area (TPSA) is 340 Å². The highest BCUT2D eigenvalue weighted by atomic mass is 16.6. The Morgan fingerprint density at radius 1 is 0.726 bits per heavy atom. The maximum Gasteiger partial charge on any atom is 0.410 e. The number of carboxylic acids is 1. The number of ketones is 2. The smallest absolute Gasteiger partial charge is 0.410 e. The molecule has 2 aromatic rings. The summed E-state index contributed by atoms with van der Waals surface area (Å²) in [7, 11) is 6.08. The molecule has 0 radical (unpaired) electrons. The summed E-state index contributed by atoms with van der Waals surface area (Å²) < 4.78 is 17.7. The molecule has 95 heavy (non-hydrogen) atoms. The van der Waals surface area contributed by atoms with Gasteiger partial charge in [-0.1, -0.05) is 118 Å². The summed E-state index contributed by atoms with van der Waals surface area (Å²) in [4.78, 5) is 165. The van der Waals surface area contributed by atoms with Gasteiger partial charge in [-0.3, -0.25) is 48.1 Å². The number of carbonyl (C=O) groups excluding carboxylic acids is 11. The lowest BCUT2D eigenvalue weighted by Gasteiger charge is -2.41. The molecule has 25 heteroatoms. The van der Waals surface area contributed by atoms with Crippen LogP contribution < -0.4 is 27.0 Å². The number of likely N-dealkylation sites (N-methyl/N-ethyl adjacent to an activating group) is 2. The van der Waals surface area contributed by atoms with Crippen LogP contribution in [0, 0.1) is 41.4 Å². The number of carbonyl (C=O) groups is 12. The molecule has 0 saturated carbocycles. The van der Waals surface area contributed by atoms with Crippen LogP contribution in [0.1, 0.15) is 150 Å². The number of anilines is 1. The fourth-order valence-electron chi connectivity index (χ4n) is 12.7. The number of urea groups is 1. The number of unbranched alkanes of at least 4 members (excludes halogenated alkanes) is 2. The van der Waals surface area contributed by atoms with E-state index in [1.807, 2.05) is 33.8 Å². The number of rotatable bonds is 41. The van der Waals surface area contributed by atoms with E-state index in [0.717, 1.165) is 10.5 Å². The second kappa shape index (κ2) is 39.1. The van der Waals surface area contributed by atoms with Crippen LogP contribution in [0.15, 0.2) is 66.7 Å². The first-order valence-electron chi connectivity index (χ1n) is 33.4. The lowest BCUT2D eigenvalue weighted by molar-refractivity contribution is -0.149.